The van der Waals surface area contributed by atoms with Gasteiger partial charge >= 0.3 is 0 Å². The molecular formula is C21H25Cl2N3O. The van der Waals surface area contributed by atoms with E-state index in [4.69, 9.17) is 23.2 Å². The first-order chi connectivity index (χ1) is 13.1. The molecule has 0 atom stereocenters. The number of aromatic nitrogens is 1. The van der Waals surface area contributed by atoms with Gasteiger partial charge in [0.15, 0.2) is 5.78 Å². The van der Waals surface area contributed by atoms with Crippen molar-refractivity contribution in [2.45, 2.75) is 32.2 Å². The number of carbonyl (C=O) groups excluding carboxylic acids is 1. The van der Waals surface area contributed by atoms with Crippen LogP contribution in [-0.4, -0.2) is 48.0 Å². The van der Waals surface area contributed by atoms with Gasteiger partial charge in [-0.25, -0.2) is 0 Å². The largest absolute Gasteiger partial charge is 0.368 e. The van der Waals surface area contributed by atoms with Gasteiger partial charge in [0.1, 0.15) is 0 Å². The van der Waals surface area contributed by atoms with E-state index < -0.39 is 0 Å². The van der Waals surface area contributed by atoms with E-state index in [0.29, 0.717) is 17.2 Å². The number of piperazine rings is 1. The van der Waals surface area contributed by atoms with Crippen LogP contribution in [0.2, 0.25) is 10.0 Å². The van der Waals surface area contributed by atoms with Gasteiger partial charge in [0.25, 0.3) is 0 Å². The summed E-state index contributed by atoms with van der Waals surface area (Å²) < 4.78 is 2.29. The van der Waals surface area contributed by atoms with Crippen LogP contribution in [0.15, 0.2) is 30.5 Å². The highest BCUT2D eigenvalue weighted by Crippen LogP contribution is 2.29. The zero-order chi connectivity index (χ0) is 18.8. The molecule has 1 saturated heterocycles. The van der Waals surface area contributed by atoms with E-state index in [0.717, 1.165) is 74.8 Å². The Labute approximate surface area is 170 Å². The van der Waals surface area contributed by atoms with Crippen molar-refractivity contribution in [3.05, 3.63) is 51.8 Å². The van der Waals surface area contributed by atoms with Gasteiger partial charge in [-0.05, 0) is 50.1 Å². The summed E-state index contributed by atoms with van der Waals surface area (Å²) in [6, 6.07) is 7.73. The molecule has 4 nitrogen and oxygen atoms in total. The SMILES string of the molecule is O=C1CCCc2c1ccn2CCCN1CCN(c2ccc(Cl)cc2Cl)CC1. The van der Waals surface area contributed by atoms with Crippen LogP contribution < -0.4 is 4.90 Å². The van der Waals surface area contributed by atoms with Gasteiger partial charge in [0.05, 0.1) is 10.7 Å². The van der Waals surface area contributed by atoms with E-state index in [9.17, 15) is 4.79 Å². The summed E-state index contributed by atoms with van der Waals surface area (Å²) in [5.74, 6) is 0.312. The van der Waals surface area contributed by atoms with Crippen LogP contribution in [0.25, 0.3) is 0 Å². The Balaban J connectivity index is 1.26. The van der Waals surface area contributed by atoms with Crippen LogP contribution in [0.5, 0.6) is 0 Å². The fourth-order valence-electron chi connectivity index (χ4n) is 4.21. The molecule has 2 aromatic rings. The van der Waals surface area contributed by atoms with Crippen LogP contribution in [0.3, 0.4) is 0 Å². The predicted octanol–water partition coefficient (Wildman–Crippen LogP) is 4.53. The van der Waals surface area contributed by atoms with E-state index in [1.54, 1.807) is 0 Å². The van der Waals surface area contributed by atoms with Crippen molar-refractivity contribution in [3.63, 3.8) is 0 Å². The molecule has 0 bridgehead atoms. The van der Waals surface area contributed by atoms with E-state index in [-0.39, 0.29) is 0 Å². The van der Waals surface area contributed by atoms with Gasteiger partial charge in [-0.1, -0.05) is 23.2 Å². The molecule has 4 rings (SSSR count). The fraction of sp³-hybridized carbons (Fsp3) is 0.476. The van der Waals surface area contributed by atoms with E-state index in [1.165, 1.54) is 5.69 Å². The maximum Gasteiger partial charge on any atom is 0.164 e. The minimum absolute atomic E-state index is 0.312. The molecule has 0 unspecified atom stereocenters. The molecule has 1 aromatic heterocycles. The maximum atomic E-state index is 12.0. The molecule has 0 radical (unpaired) electrons. The molecule has 6 heteroatoms. The lowest BCUT2D eigenvalue weighted by Gasteiger charge is -2.36. The van der Waals surface area contributed by atoms with Crippen molar-refractivity contribution in [3.8, 4) is 0 Å². The minimum Gasteiger partial charge on any atom is -0.368 e. The van der Waals surface area contributed by atoms with Crippen LogP contribution in [0.4, 0.5) is 5.69 Å². The average Bonchev–Trinajstić information content (AvgIpc) is 3.07. The lowest BCUT2D eigenvalue weighted by atomic mass is 9.97. The average molecular weight is 406 g/mol. The molecule has 144 valence electrons. The van der Waals surface area contributed by atoms with E-state index in [1.807, 2.05) is 24.3 Å². The van der Waals surface area contributed by atoms with Crippen LogP contribution in [0.1, 0.15) is 35.3 Å². The number of rotatable bonds is 5. The van der Waals surface area contributed by atoms with E-state index in [2.05, 4.69) is 20.6 Å². The van der Waals surface area contributed by atoms with Gasteiger partial charge in [-0.15, -0.1) is 0 Å². The Kier molecular flexibility index (Phi) is 5.76. The number of halogens is 2. The van der Waals surface area contributed by atoms with Gasteiger partial charge in [0.2, 0.25) is 0 Å². The number of Topliss-reactive ketones (excluding diaryl/α,β-unsaturated/α-hetero) is 1. The molecule has 1 fully saturated rings. The molecule has 1 aliphatic carbocycles. The van der Waals surface area contributed by atoms with Gasteiger partial charge in [-0.3, -0.25) is 9.69 Å². The molecule has 0 spiro atoms. The zero-order valence-electron chi connectivity index (χ0n) is 15.5. The van der Waals surface area contributed by atoms with Crippen molar-refractivity contribution in [1.82, 2.24) is 9.47 Å². The topological polar surface area (TPSA) is 28.5 Å². The molecule has 27 heavy (non-hydrogen) atoms. The third-order valence-corrected chi connectivity index (χ3v) is 6.23. The van der Waals surface area contributed by atoms with Crippen molar-refractivity contribution in [1.29, 1.82) is 0 Å². The van der Waals surface area contributed by atoms with Gasteiger partial charge in [0, 0.05) is 61.6 Å². The molecule has 0 amide bonds. The van der Waals surface area contributed by atoms with Crippen molar-refractivity contribution in [2.75, 3.05) is 37.6 Å². The summed E-state index contributed by atoms with van der Waals surface area (Å²) in [4.78, 5) is 16.8. The summed E-state index contributed by atoms with van der Waals surface area (Å²) in [5, 5.41) is 1.40. The van der Waals surface area contributed by atoms with Crippen LogP contribution in [0, 0.1) is 0 Å². The molecular weight excluding hydrogens is 381 g/mol. The van der Waals surface area contributed by atoms with Crippen molar-refractivity contribution in [2.24, 2.45) is 0 Å². The monoisotopic (exact) mass is 405 g/mol. The molecule has 0 N–H and O–H groups in total. The van der Waals surface area contributed by atoms with Gasteiger partial charge < -0.3 is 9.47 Å². The molecule has 2 aliphatic rings. The quantitative estimate of drug-likeness (QED) is 0.731. The van der Waals surface area contributed by atoms with Crippen molar-refractivity contribution >= 4 is 34.7 Å². The third kappa shape index (κ3) is 4.18. The number of hydrogen-bond acceptors (Lipinski definition) is 3. The summed E-state index contributed by atoms with van der Waals surface area (Å²) in [6.45, 7) is 6.13. The number of carbonyl (C=O) groups is 1. The normalized spacial score (nSPS) is 18.0. The predicted molar refractivity (Wildman–Crippen MR) is 111 cm³/mol. The number of nitrogens with zero attached hydrogens (tertiary/aromatic N) is 3. The molecule has 1 aromatic carbocycles. The number of hydrogen-bond donors (Lipinski definition) is 0. The second-order valence-corrected chi connectivity index (χ2v) is 8.27. The standard InChI is InChI=1S/C21H25Cl2N3O/c22-16-5-6-20(18(23)15-16)26-13-11-24(12-14-26)8-2-9-25-10-7-17-19(25)3-1-4-21(17)27/h5-7,10,15H,1-4,8-9,11-14H2. The second kappa shape index (κ2) is 8.26. The fourth-order valence-corrected chi connectivity index (χ4v) is 4.74. The zero-order valence-corrected chi connectivity index (χ0v) is 17.0. The van der Waals surface area contributed by atoms with Gasteiger partial charge in [-0.2, -0.15) is 0 Å². The summed E-state index contributed by atoms with van der Waals surface area (Å²) >= 11 is 12.3. The number of anilines is 1. The maximum absolute atomic E-state index is 12.0. The second-order valence-electron chi connectivity index (χ2n) is 7.42. The highest BCUT2D eigenvalue weighted by molar-refractivity contribution is 6.36. The Hall–Kier alpha value is -1.49. The first kappa shape index (κ1) is 18.9. The lowest BCUT2D eigenvalue weighted by Crippen LogP contribution is -2.46. The van der Waals surface area contributed by atoms with Crippen molar-refractivity contribution < 1.29 is 4.79 Å². The molecule has 1 aliphatic heterocycles. The van der Waals surface area contributed by atoms with Crippen LogP contribution >= 0.6 is 23.2 Å². The number of benzene rings is 1. The number of aryl methyl sites for hydroxylation is 1. The number of fused-ring (bicyclic) bond motifs is 1. The Morgan fingerprint density at radius 3 is 2.56 bits per heavy atom. The third-order valence-electron chi connectivity index (χ3n) is 5.69. The minimum atomic E-state index is 0.312. The smallest absolute Gasteiger partial charge is 0.164 e. The van der Waals surface area contributed by atoms with E-state index >= 15 is 0 Å². The molecule has 2 heterocycles. The Bertz CT molecular complexity index is 825. The van der Waals surface area contributed by atoms with Crippen LogP contribution in [-0.2, 0) is 13.0 Å². The number of ketones is 1. The molecule has 0 saturated carbocycles. The first-order valence-corrected chi connectivity index (χ1v) is 10.5. The lowest BCUT2D eigenvalue weighted by molar-refractivity contribution is 0.0971. The highest BCUT2D eigenvalue weighted by atomic mass is 35.5. The summed E-state index contributed by atoms with van der Waals surface area (Å²) in [6.07, 6.45) is 5.93. The Morgan fingerprint density at radius 2 is 1.78 bits per heavy atom. The summed E-state index contributed by atoms with van der Waals surface area (Å²) in [7, 11) is 0. The highest BCUT2D eigenvalue weighted by Gasteiger charge is 2.21. The summed E-state index contributed by atoms with van der Waals surface area (Å²) in [5.41, 5.74) is 3.27. The Morgan fingerprint density at radius 1 is 0.963 bits per heavy atom. The first-order valence-electron chi connectivity index (χ1n) is 9.75.